The van der Waals surface area contributed by atoms with Crippen LogP contribution in [0.3, 0.4) is 0 Å². The lowest BCUT2D eigenvalue weighted by Gasteiger charge is -2.27. The molecule has 1 saturated heterocycles. The molecule has 122 valence electrons. The third-order valence-electron chi connectivity index (χ3n) is 3.63. The van der Waals surface area contributed by atoms with Crippen LogP contribution in [-0.4, -0.2) is 69.0 Å². The van der Waals surface area contributed by atoms with Crippen molar-refractivity contribution < 1.29 is 22.7 Å². The first-order valence-corrected chi connectivity index (χ1v) is 8.93. The maximum Gasteiger partial charge on any atom is 0.312 e. The second-order valence-corrected chi connectivity index (χ2v) is 7.56. The normalized spacial score (nSPS) is 21.8. The largest absolute Gasteiger partial charge is 0.383 e. The van der Waals surface area contributed by atoms with Gasteiger partial charge in [0, 0.05) is 25.7 Å². The molecule has 7 nitrogen and oxygen atoms in total. The van der Waals surface area contributed by atoms with Gasteiger partial charge >= 0.3 is 11.8 Å². The van der Waals surface area contributed by atoms with Crippen molar-refractivity contribution in [1.29, 1.82) is 0 Å². The Morgan fingerprint density at radius 1 is 1.43 bits per heavy atom. The lowest BCUT2D eigenvalue weighted by atomic mass is 10.2. The van der Waals surface area contributed by atoms with Gasteiger partial charge in [0.1, 0.15) is 0 Å². The monoisotopic (exact) mass is 320 g/mol. The predicted octanol–water partition coefficient (Wildman–Crippen LogP) is -0.437. The molecular weight excluding hydrogens is 296 g/mol. The molecule has 2 unspecified atom stereocenters. The maximum absolute atomic E-state index is 12.3. The fourth-order valence-corrected chi connectivity index (χ4v) is 3.91. The molecule has 2 atom stereocenters. The molecule has 0 aromatic carbocycles. The van der Waals surface area contributed by atoms with E-state index in [4.69, 9.17) is 4.74 Å². The van der Waals surface area contributed by atoms with Crippen molar-refractivity contribution in [3.8, 4) is 0 Å². The highest BCUT2D eigenvalue weighted by Crippen LogP contribution is 2.18. The summed E-state index contributed by atoms with van der Waals surface area (Å²) in [5, 5.41) is 2.61. The summed E-state index contributed by atoms with van der Waals surface area (Å²) >= 11 is 0. The van der Waals surface area contributed by atoms with E-state index in [1.54, 1.807) is 0 Å². The fraction of sp³-hybridized carbons (Fsp3) is 0.846. The molecule has 21 heavy (non-hydrogen) atoms. The van der Waals surface area contributed by atoms with Crippen molar-refractivity contribution in [2.24, 2.45) is 0 Å². The number of ether oxygens (including phenoxy) is 1. The minimum atomic E-state index is -3.12. The fourth-order valence-electron chi connectivity index (χ4n) is 2.18. The van der Waals surface area contributed by atoms with Crippen molar-refractivity contribution in [3.05, 3.63) is 0 Å². The Morgan fingerprint density at radius 2 is 2.10 bits per heavy atom. The van der Waals surface area contributed by atoms with E-state index in [9.17, 15) is 18.0 Å². The van der Waals surface area contributed by atoms with Crippen molar-refractivity contribution in [2.45, 2.75) is 38.8 Å². The number of sulfone groups is 1. The summed E-state index contributed by atoms with van der Waals surface area (Å²) in [6.07, 6.45) is 1.09. The predicted molar refractivity (Wildman–Crippen MR) is 78.5 cm³/mol. The Kier molecular flexibility index (Phi) is 6.60. The molecule has 1 aliphatic rings. The highest BCUT2D eigenvalue weighted by molar-refractivity contribution is 7.91. The number of hydrogen-bond acceptors (Lipinski definition) is 5. The highest BCUT2D eigenvalue weighted by Gasteiger charge is 2.36. The Balaban J connectivity index is 2.77. The van der Waals surface area contributed by atoms with E-state index >= 15 is 0 Å². The average Bonchev–Trinajstić information content (AvgIpc) is 2.78. The van der Waals surface area contributed by atoms with E-state index in [0.717, 1.165) is 6.42 Å². The van der Waals surface area contributed by atoms with Gasteiger partial charge in [0.05, 0.1) is 18.1 Å². The number of rotatable bonds is 6. The third-order valence-corrected chi connectivity index (χ3v) is 5.38. The Hall–Kier alpha value is -1.15. The molecule has 0 aliphatic carbocycles. The van der Waals surface area contributed by atoms with Gasteiger partial charge in [-0.25, -0.2) is 8.42 Å². The zero-order chi connectivity index (χ0) is 16.0. The number of nitrogens with zero attached hydrogens (tertiary/aromatic N) is 1. The van der Waals surface area contributed by atoms with Crippen LogP contribution in [0.25, 0.3) is 0 Å². The van der Waals surface area contributed by atoms with Crippen LogP contribution in [0.5, 0.6) is 0 Å². The van der Waals surface area contributed by atoms with Gasteiger partial charge in [-0.15, -0.1) is 0 Å². The summed E-state index contributed by atoms with van der Waals surface area (Å²) in [7, 11) is -1.63. The second-order valence-electron chi connectivity index (χ2n) is 5.33. The summed E-state index contributed by atoms with van der Waals surface area (Å²) in [5.74, 6) is -1.40. The summed E-state index contributed by atoms with van der Waals surface area (Å²) < 4.78 is 28.1. The van der Waals surface area contributed by atoms with E-state index in [1.165, 1.54) is 12.0 Å². The molecule has 1 N–H and O–H groups in total. The number of carbonyl (C=O) groups excluding carboxylic acids is 2. The molecular formula is C13H24N2O5S. The molecule has 0 spiro atoms. The topological polar surface area (TPSA) is 92.8 Å². The van der Waals surface area contributed by atoms with Crippen LogP contribution in [0.15, 0.2) is 0 Å². The zero-order valence-electron chi connectivity index (χ0n) is 12.8. The number of hydrogen-bond donors (Lipinski definition) is 1. The van der Waals surface area contributed by atoms with Crippen LogP contribution < -0.4 is 5.32 Å². The second kappa shape index (κ2) is 7.74. The Bertz CT molecular complexity index is 477. The Morgan fingerprint density at radius 3 is 2.57 bits per heavy atom. The molecule has 1 rings (SSSR count). The quantitative estimate of drug-likeness (QED) is 0.670. The first-order chi connectivity index (χ1) is 9.80. The summed E-state index contributed by atoms with van der Waals surface area (Å²) in [4.78, 5) is 25.5. The molecule has 0 aromatic heterocycles. The average molecular weight is 320 g/mol. The van der Waals surface area contributed by atoms with Gasteiger partial charge in [-0.3, -0.25) is 9.59 Å². The van der Waals surface area contributed by atoms with Gasteiger partial charge in [0.15, 0.2) is 9.84 Å². The minimum absolute atomic E-state index is 0.0570. The van der Waals surface area contributed by atoms with Crippen molar-refractivity contribution in [1.82, 2.24) is 10.2 Å². The van der Waals surface area contributed by atoms with Crippen molar-refractivity contribution in [3.63, 3.8) is 0 Å². The van der Waals surface area contributed by atoms with Crippen molar-refractivity contribution in [2.75, 3.05) is 31.8 Å². The molecule has 1 aliphatic heterocycles. The molecule has 0 aromatic rings. The highest BCUT2D eigenvalue weighted by atomic mass is 32.2. The number of methoxy groups -OCH3 is 1. The van der Waals surface area contributed by atoms with Crippen molar-refractivity contribution >= 4 is 21.7 Å². The first-order valence-electron chi connectivity index (χ1n) is 7.11. The van der Waals surface area contributed by atoms with Crippen LogP contribution in [0.4, 0.5) is 0 Å². The van der Waals surface area contributed by atoms with Gasteiger partial charge < -0.3 is 15.0 Å². The summed E-state index contributed by atoms with van der Waals surface area (Å²) in [6, 6.07) is -0.543. The number of carbonyl (C=O) groups is 2. The smallest absolute Gasteiger partial charge is 0.312 e. The van der Waals surface area contributed by atoms with Crippen LogP contribution in [0, 0.1) is 0 Å². The van der Waals surface area contributed by atoms with E-state index in [2.05, 4.69) is 5.32 Å². The van der Waals surface area contributed by atoms with E-state index in [-0.39, 0.29) is 30.7 Å². The maximum atomic E-state index is 12.3. The lowest BCUT2D eigenvalue weighted by molar-refractivity contribution is -0.147. The summed E-state index contributed by atoms with van der Waals surface area (Å²) in [6.45, 7) is 4.19. The van der Waals surface area contributed by atoms with Crippen LogP contribution in [0.1, 0.15) is 26.7 Å². The third kappa shape index (κ3) is 5.28. The Labute approximate surface area is 125 Å². The molecule has 0 radical (unpaired) electrons. The standard InChI is InChI=1S/C13H24N2O5S/c1-4-10(2)14-12(16)13(17)15(6-7-20-3)11-5-8-21(18,19)9-11/h10-11H,4-9H2,1-3H3,(H,14,16). The number of amides is 2. The van der Waals surface area contributed by atoms with Crippen LogP contribution >= 0.6 is 0 Å². The molecule has 2 amide bonds. The molecule has 8 heteroatoms. The van der Waals surface area contributed by atoms with Gasteiger partial charge in [0.2, 0.25) is 0 Å². The van der Waals surface area contributed by atoms with Gasteiger partial charge in [-0.2, -0.15) is 0 Å². The molecule has 1 fully saturated rings. The molecule has 0 bridgehead atoms. The molecule has 1 heterocycles. The van der Waals surface area contributed by atoms with E-state index in [1.807, 2.05) is 13.8 Å². The SMILES string of the molecule is CCC(C)NC(=O)C(=O)N(CCOC)C1CCS(=O)(=O)C1. The van der Waals surface area contributed by atoms with Crippen LogP contribution in [-0.2, 0) is 24.2 Å². The minimum Gasteiger partial charge on any atom is -0.383 e. The first kappa shape index (κ1) is 17.9. The van der Waals surface area contributed by atoms with Gasteiger partial charge in [-0.05, 0) is 19.8 Å². The van der Waals surface area contributed by atoms with E-state index in [0.29, 0.717) is 6.42 Å². The van der Waals surface area contributed by atoms with E-state index < -0.39 is 27.7 Å². The van der Waals surface area contributed by atoms with Crippen LogP contribution in [0.2, 0.25) is 0 Å². The molecule has 0 saturated carbocycles. The number of nitrogens with one attached hydrogen (secondary N) is 1. The zero-order valence-corrected chi connectivity index (χ0v) is 13.6. The summed E-state index contributed by atoms with van der Waals surface area (Å²) in [5.41, 5.74) is 0. The lowest BCUT2D eigenvalue weighted by Crippen LogP contribution is -2.51. The van der Waals surface area contributed by atoms with Gasteiger partial charge in [-0.1, -0.05) is 6.92 Å². The van der Waals surface area contributed by atoms with Gasteiger partial charge in [0.25, 0.3) is 0 Å².